The lowest BCUT2D eigenvalue weighted by molar-refractivity contribution is -0.137. The number of nitrogens with one attached hydrogen (secondary N) is 1. The summed E-state index contributed by atoms with van der Waals surface area (Å²) < 4.78 is 52.7. The molecule has 0 aliphatic rings. The number of aliphatic hydroxyl groups excluding tert-OH is 1. The van der Waals surface area contributed by atoms with Crippen molar-refractivity contribution in [1.29, 1.82) is 0 Å². The zero-order valence-electron chi connectivity index (χ0n) is 14.3. The molecule has 2 N–H and O–H groups in total. The summed E-state index contributed by atoms with van der Waals surface area (Å²) in [6.07, 6.45) is -5.26. The Morgan fingerprint density at radius 2 is 1.89 bits per heavy atom. The predicted molar refractivity (Wildman–Crippen MR) is 95.8 cm³/mol. The quantitative estimate of drug-likeness (QED) is 0.457. The van der Waals surface area contributed by atoms with Crippen LogP contribution in [0.2, 0.25) is 0 Å². The maximum absolute atomic E-state index is 12.9. The van der Waals surface area contributed by atoms with Crippen LogP contribution >= 0.6 is 11.8 Å². The number of aliphatic hydroxyl groups is 1. The number of anilines is 1. The second-order valence-corrected chi connectivity index (χ2v) is 6.76. The van der Waals surface area contributed by atoms with Gasteiger partial charge in [0.2, 0.25) is 5.16 Å². The Labute approximate surface area is 161 Å². The highest BCUT2D eigenvalue weighted by molar-refractivity contribution is 7.99. The lowest BCUT2D eigenvalue weighted by Gasteiger charge is -2.13. The van der Waals surface area contributed by atoms with Crippen molar-refractivity contribution >= 4 is 17.4 Å². The minimum absolute atomic E-state index is 0.168. The average Bonchev–Trinajstić information content (AvgIpc) is 3.14. The van der Waals surface area contributed by atoms with Crippen LogP contribution in [-0.4, -0.2) is 43.7 Å². The Hall–Kier alpha value is -2.66. The molecule has 0 bridgehead atoms. The van der Waals surface area contributed by atoms with Crippen LogP contribution in [0.1, 0.15) is 5.56 Å². The van der Waals surface area contributed by atoms with Gasteiger partial charge >= 0.3 is 6.18 Å². The van der Waals surface area contributed by atoms with Crippen LogP contribution in [0.15, 0.2) is 53.7 Å². The first-order chi connectivity index (χ1) is 13.3. The molecule has 1 atom stereocenters. The van der Waals surface area contributed by atoms with E-state index in [2.05, 4.69) is 20.8 Å². The van der Waals surface area contributed by atoms with Gasteiger partial charge in [0.05, 0.1) is 17.4 Å². The molecular formula is C17H15F4N5OS. The molecule has 28 heavy (non-hydrogen) atoms. The maximum Gasteiger partial charge on any atom is 0.416 e. The van der Waals surface area contributed by atoms with E-state index in [4.69, 9.17) is 0 Å². The van der Waals surface area contributed by atoms with Gasteiger partial charge in [-0.05, 0) is 52.9 Å². The van der Waals surface area contributed by atoms with E-state index in [1.165, 1.54) is 28.9 Å². The van der Waals surface area contributed by atoms with Crippen LogP contribution in [0.5, 0.6) is 0 Å². The second kappa shape index (κ2) is 8.57. The van der Waals surface area contributed by atoms with Crippen molar-refractivity contribution in [3.63, 3.8) is 0 Å². The molecule has 3 rings (SSSR count). The standard InChI is InChI=1S/C17H15F4N5OS/c18-12-4-6-13(7-5-12)22-9-15(27)10-28-16-23-24-25-26(16)14-3-1-2-11(8-14)17(19,20)21/h1-8,15,22,27H,9-10H2/t15-/m1/s1. The molecule has 0 spiro atoms. The van der Waals surface area contributed by atoms with Gasteiger partial charge in [0, 0.05) is 18.0 Å². The lowest BCUT2D eigenvalue weighted by atomic mass is 10.2. The first-order valence-corrected chi connectivity index (χ1v) is 9.08. The highest BCUT2D eigenvalue weighted by Crippen LogP contribution is 2.30. The third kappa shape index (κ3) is 5.20. The lowest BCUT2D eigenvalue weighted by Crippen LogP contribution is -2.22. The van der Waals surface area contributed by atoms with Gasteiger partial charge in [-0.15, -0.1) is 5.10 Å². The molecule has 1 aromatic heterocycles. The van der Waals surface area contributed by atoms with Crippen molar-refractivity contribution in [2.24, 2.45) is 0 Å². The van der Waals surface area contributed by atoms with Crippen molar-refractivity contribution in [1.82, 2.24) is 20.2 Å². The molecule has 0 aliphatic heterocycles. The summed E-state index contributed by atoms with van der Waals surface area (Å²) in [6.45, 7) is 0.198. The molecule has 6 nitrogen and oxygen atoms in total. The van der Waals surface area contributed by atoms with Crippen molar-refractivity contribution in [2.45, 2.75) is 17.4 Å². The molecule has 11 heteroatoms. The topological polar surface area (TPSA) is 75.9 Å². The summed E-state index contributed by atoms with van der Waals surface area (Å²) in [4.78, 5) is 0. The molecule has 1 heterocycles. The first kappa shape index (κ1) is 20.1. The zero-order chi connectivity index (χ0) is 20.1. The molecule has 0 aliphatic carbocycles. The molecule has 3 aromatic rings. The first-order valence-electron chi connectivity index (χ1n) is 8.09. The summed E-state index contributed by atoms with van der Waals surface area (Å²) in [7, 11) is 0. The Morgan fingerprint density at radius 3 is 2.61 bits per heavy atom. The van der Waals surface area contributed by atoms with Gasteiger partial charge in [-0.25, -0.2) is 4.39 Å². The number of alkyl halides is 3. The largest absolute Gasteiger partial charge is 0.416 e. The molecule has 148 valence electrons. The Kier molecular flexibility index (Phi) is 6.15. The fourth-order valence-corrected chi connectivity index (χ4v) is 3.10. The number of hydrogen-bond acceptors (Lipinski definition) is 6. The Balaban J connectivity index is 1.60. The third-order valence-corrected chi connectivity index (χ3v) is 4.71. The van der Waals surface area contributed by atoms with E-state index >= 15 is 0 Å². The highest BCUT2D eigenvalue weighted by atomic mass is 32.2. The van der Waals surface area contributed by atoms with Crippen LogP contribution in [0.4, 0.5) is 23.2 Å². The van der Waals surface area contributed by atoms with Crippen molar-refractivity contribution < 1.29 is 22.7 Å². The van der Waals surface area contributed by atoms with E-state index in [0.29, 0.717) is 5.69 Å². The predicted octanol–water partition coefficient (Wildman–Crippen LogP) is 3.39. The van der Waals surface area contributed by atoms with E-state index in [1.807, 2.05) is 0 Å². The summed E-state index contributed by atoms with van der Waals surface area (Å²) in [6, 6.07) is 10.3. The van der Waals surface area contributed by atoms with Gasteiger partial charge in [-0.3, -0.25) is 0 Å². The number of thioether (sulfide) groups is 1. The zero-order valence-corrected chi connectivity index (χ0v) is 15.1. The van der Waals surface area contributed by atoms with Gasteiger partial charge in [0.1, 0.15) is 5.82 Å². The summed E-state index contributed by atoms with van der Waals surface area (Å²) >= 11 is 1.10. The minimum Gasteiger partial charge on any atom is -0.390 e. The average molecular weight is 413 g/mol. The van der Waals surface area contributed by atoms with Crippen LogP contribution < -0.4 is 5.32 Å². The van der Waals surface area contributed by atoms with Gasteiger partial charge < -0.3 is 10.4 Å². The Bertz CT molecular complexity index is 916. The summed E-state index contributed by atoms with van der Waals surface area (Å²) in [5.74, 6) is -0.156. The van der Waals surface area contributed by atoms with Crippen molar-refractivity contribution in [3.05, 3.63) is 59.9 Å². The van der Waals surface area contributed by atoms with Crippen LogP contribution in [0, 0.1) is 5.82 Å². The number of halogens is 4. The number of tetrazole rings is 1. The molecular weight excluding hydrogens is 398 g/mol. The monoisotopic (exact) mass is 413 g/mol. The molecule has 2 aromatic carbocycles. The third-order valence-electron chi connectivity index (χ3n) is 3.65. The van der Waals surface area contributed by atoms with Crippen molar-refractivity contribution in [2.75, 3.05) is 17.6 Å². The molecule has 0 saturated heterocycles. The molecule has 0 saturated carbocycles. The van der Waals surface area contributed by atoms with E-state index < -0.39 is 17.8 Å². The molecule has 0 unspecified atom stereocenters. The van der Waals surface area contributed by atoms with Gasteiger partial charge in [0.15, 0.2) is 0 Å². The van der Waals surface area contributed by atoms with E-state index in [0.717, 1.165) is 23.9 Å². The van der Waals surface area contributed by atoms with Crippen LogP contribution in [0.3, 0.4) is 0 Å². The number of aromatic nitrogens is 4. The minimum atomic E-state index is -4.47. The van der Waals surface area contributed by atoms with E-state index in [-0.39, 0.29) is 29.0 Å². The fourth-order valence-electron chi connectivity index (χ4n) is 2.28. The number of benzene rings is 2. The summed E-state index contributed by atoms with van der Waals surface area (Å²) in [5, 5.41) is 24.3. The maximum atomic E-state index is 12.9. The highest BCUT2D eigenvalue weighted by Gasteiger charge is 2.30. The Morgan fingerprint density at radius 1 is 1.14 bits per heavy atom. The summed E-state index contributed by atoms with van der Waals surface area (Å²) in [5.41, 5.74) is 0.0143. The van der Waals surface area contributed by atoms with E-state index in [1.54, 1.807) is 12.1 Å². The molecule has 0 radical (unpaired) electrons. The SMILES string of the molecule is O[C@H](CNc1ccc(F)cc1)CSc1nnnn1-c1cccc(C(F)(F)F)c1. The van der Waals surface area contributed by atoms with E-state index in [9.17, 15) is 22.7 Å². The molecule has 0 amide bonds. The number of hydrogen-bond donors (Lipinski definition) is 2. The van der Waals surface area contributed by atoms with Crippen LogP contribution in [0.25, 0.3) is 5.69 Å². The normalized spacial score (nSPS) is 12.8. The van der Waals surface area contributed by atoms with Gasteiger partial charge in [-0.1, -0.05) is 17.8 Å². The van der Waals surface area contributed by atoms with Gasteiger partial charge in [-0.2, -0.15) is 17.9 Å². The molecule has 0 fully saturated rings. The number of nitrogens with zero attached hydrogens (tertiary/aromatic N) is 4. The van der Waals surface area contributed by atoms with Gasteiger partial charge in [0.25, 0.3) is 0 Å². The second-order valence-electron chi connectivity index (χ2n) is 5.77. The number of rotatable bonds is 7. The fraction of sp³-hybridized carbons (Fsp3) is 0.235. The van der Waals surface area contributed by atoms with Crippen molar-refractivity contribution in [3.8, 4) is 5.69 Å². The smallest absolute Gasteiger partial charge is 0.390 e. The van der Waals surface area contributed by atoms with Crippen LogP contribution in [-0.2, 0) is 6.18 Å².